The summed E-state index contributed by atoms with van der Waals surface area (Å²) in [7, 11) is 0. The Bertz CT molecular complexity index is 419. The van der Waals surface area contributed by atoms with Crippen molar-refractivity contribution in [3.8, 4) is 0 Å². The number of nitrogens with two attached hydrogens (primary N) is 1. The van der Waals surface area contributed by atoms with Crippen molar-refractivity contribution < 1.29 is 18.0 Å². The van der Waals surface area contributed by atoms with Crippen molar-refractivity contribution in [2.24, 2.45) is 5.73 Å². The molecule has 0 aliphatic heterocycles. The van der Waals surface area contributed by atoms with Gasteiger partial charge in [-0.1, -0.05) is 23.2 Å². The Morgan fingerprint density at radius 3 is 2.27 bits per heavy atom. The van der Waals surface area contributed by atoms with Gasteiger partial charge in [-0.25, -0.2) is 4.98 Å². The molecule has 0 saturated heterocycles. The van der Waals surface area contributed by atoms with Gasteiger partial charge in [0, 0.05) is 6.20 Å². The van der Waals surface area contributed by atoms with Crippen LogP contribution in [-0.2, 0) is 6.18 Å². The molecule has 0 spiro atoms. The molecule has 15 heavy (non-hydrogen) atoms. The van der Waals surface area contributed by atoms with Crippen molar-refractivity contribution >= 4 is 29.1 Å². The molecule has 0 bridgehead atoms. The van der Waals surface area contributed by atoms with Crippen molar-refractivity contribution in [3.05, 3.63) is 27.5 Å². The molecule has 0 aliphatic rings. The number of primary amides is 1. The molecule has 0 aliphatic carbocycles. The predicted molar refractivity (Wildman–Crippen MR) is 47.8 cm³/mol. The summed E-state index contributed by atoms with van der Waals surface area (Å²) in [6, 6.07) is 0. The van der Waals surface area contributed by atoms with Crippen molar-refractivity contribution in [3.63, 3.8) is 0 Å². The number of alkyl halides is 3. The van der Waals surface area contributed by atoms with Gasteiger partial charge in [0.05, 0.1) is 16.1 Å². The van der Waals surface area contributed by atoms with Crippen molar-refractivity contribution in [1.29, 1.82) is 0 Å². The fourth-order valence-corrected chi connectivity index (χ4v) is 1.45. The van der Waals surface area contributed by atoms with Crippen LogP contribution in [0, 0.1) is 0 Å². The summed E-state index contributed by atoms with van der Waals surface area (Å²) < 4.78 is 37.4. The zero-order valence-electron chi connectivity index (χ0n) is 6.90. The quantitative estimate of drug-likeness (QED) is 0.787. The van der Waals surface area contributed by atoms with Crippen LogP contribution in [0.2, 0.25) is 10.2 Å². The lowest BCUT2D eigenvalue weighted by Crippen LogP contribution is -2.20. The zero-order valence-corrected chi connectivity index (χ0v) is 8.41. The fraction of sp³-hybridized carbons (Fsp3) is 0.143. The number of rotatable bonds is 1. The van der Waals surface area contributed by atoms with Gasteiger partial charge in [-0.3, -0.25) is 4.79 Å². The zero-order chi connectivity index (χ0) is 11.8. The first-order valence-corrected chi connectivity index (χ1v) is 4.21. The molecule has 1 rings (SSSR count). The Hall–Kier alpha value is -1.01. The molecule has 0 fully saturated rings. The first-order valence-electron chi connectivity index (χ1n) is 3.46. The molecule has 1 aromatic rings. The van der Waals surface area contributed by atoms with Crippen LogP contribution in [0.4, 0.5) is 13.2 Å². The molecule has 0 saturated carbocycles. The topological polar surface area (TPSA) is 56.0 Å². The van der Waals surface area contributed by atoms with Crippen LogP contribution in [0.15, 0.2) is 6.20 Å². The molecule has 1 heterocycles. The second-order valence-electron chi connectivity index (χ2n) is 2.51. The summed E-state index contributed by atoms with van der Waals surface area (Å²) in [5.41, 5.74) is 2.47. The minimum Gasteiger partial charge on any atom is -0.365 e. The van der Waals surface area contributed by atoms with Gasteiger partial charge >= 0.3 is 6.18 Å². The maximum absolute atomic E-state index is 12.5. The van der Waals surface area contributed by atoms with Crippen LogP contribution >= 0.6 is 23.2 Å². The highest BCUT2D eigenvalue weighted by Crippen LogP contribution is 2.38. The minimum absolute atomic E-state index is 0.626. The Morgan fingerprint density at radius 2 is 1.93 bits per heavy atom. The largest absolute Gasteiger partial charge is 0.418 e. The Balaban J connectivity index is 3.60. The summed E-state index contributed by atoms with van der Waals surface area (Å²) in [6.07, 6.45) is -4.10. The third-order valence-corrected chi connectivity index (χ3v) is 2.09. The molecule has 1 aromatic heterocycles. The molecule has 0 aromatic carbocycles. The first-order chi connectivity index (χ1) is 6.75. The van der Waals surface area contributed by atoms with Crippen LogP contribution in [0.25, 0.3) is 0 Å². The normalized spacial score (nSPS) is 11.5. The summed E-state index contributed by atoms with van der Waals surface area (Å²) in [4.78, 5) is 14.1. The van der Waals surface area contributed by atoms with Crippen LogP contribution in [0.5, 0.6) is 0 Å². The number of aromatic nitrogens is 1. The Labute approximate surface area is 92.0 Å². The van der Waals surface area contributed by atoms with Gasteiger partial charge in [-0.2, -0.15) is 13.2 Å². The van der Waals surface area contributed by atoms with E-state index in [1.54, 1.807) is 0 Å². The summed E-state index contributed by atoms with van der Waals surface area (Å²) in [5, 5.41) is -1.35. The Kier molecular flexibility index (Phi) is 3.11. The summed E-state index contributed by atoms with van der Waals surface area (Å²) >= 11 is 10.6. The van der Waals surface area contributed by atoms with E-state index < -0.39 is 33.4 Å². The fourth-order valence-electron chi connectivity index (χ4n) is 0.967. The molecule has 0 atom stereocenters. The van der Waals surface area contributed by atoms with E-state index in [4.69, 9.17) is 28.9 Å². The average Bonchev–Trinajstić information content (AvgIpc) is 2.05. The van der Waals surface area contributed by atoms with E-state index in [0.29, 0.717) is 6.20 Å². The number of nitrogens with zero attached hydrogens (tertiary/aromatic N) is 1. The number of halogens is 5. The monoisotopic (exact) mass is 258 g/mol. The number of pyridine rings is 1. The van der Waals surface area contributed by atoms with Crippen LogP contribution in [0.1, 0.15) is 15.9 Å². The van der Waals surface area contributed by atoms with Gasteiger partial charge in [0.15, 0.2) is 0 Å². The average molecular weight is 259 g/mol. The lowest BCUT2D eigenvalue weighted by atomic mass is 10.1. The van der Waals surface area contributed by atoms with Gasteiger partial charge in [0.2, 0.25) is 0 Å². The van der Waals surface area contributed by atoms with Gasteiger partial charge < -0.3 is 5.73 Å². The summed E-state index contributed by atoms with van der Waals surface area (Å²) in [5.74, 6) is -1.33. The Morgan fingerprint density at radius 1 is 1.40 bits per heavy atom. The van der Waals surface area contributed by atoms with Gasteiger partial charge in [0.25, 0.3) is 5.91 Å². The van der Waals surface area contributed by atoms with E-state index in [9.17, 15) is 18.0 Å². The molecule has 0 radical (unpaired) electrons. The molecule has 82 valence electrons. The number of amides is 1. The molecular formula is C7H3Cl2F3N2O. The number of carbonyl (C=O) groups excluding carboxylic acids is 1. The SMILES string of the molecule is NC(=O)c1c(Cl)ncc(Cl)c1C(F)(F)F. The summed E-state index contributed by atoms with van der Waals surface area (Å²) in [6.45, 7) is 0. The highest BCUT2D eigenvalue weighted by atomic mass is 35.5. The molecule has 3 nitrogen and oxygen atoms in total. The van der Waals surface area contributed by atoms with Crippen LogP contribution < -0.4 is 5.73 Å². The lowest BCUT2D eigenvalue weighted by molar-refractivity contribution is -0.137. The molecule has 2 N–H and O–H groups in total. The third kappa shape index (κ3) is 2.32. The van der Waals surface area contributed by atoms with Crippen molar-refractivity contribution in [2.45, 2.75) is 6.18 Å². The standard InChI is InChI=1S/C7H3Cl2F3N2O/c8-2-1-14-5(9)3(6(13)15)4(2)7(10,11)12/h1H,(H2,13,15). The molecular weight excluding hydrogens is 256 g/mol. The number of hydrogen-bond donors (Lipinski definition) is 1. The van der Waals surface area contributed by atoms with E-state index in [0.717, 1.165) is 0 Å². The highest BCUT2D eigenvalue weighted by molar-refractivity contribution is 6.35. The number of hydrogen-bond acceptors (Lipinski definition) is 2. The second-order valence-corrected chi connectivity index (χ2v) is 3.27. The smallest absolute Gasteiger partial charge is 0.365 e. The maximum Gasteiger partial charge on any atom is 0.418 e. The van der Waals surface area contributed by atoms with Gasteiger partial charge in [0.1, 0.15) is 5.15 Å². The van der Waals surface area contributed by atoms with E-state index >= 15 is 0 Å². The molecule has 1 amide bonds. The van der Waals surface area contributed by atoms with E-state index in [-0.39, 0.29) is 0 Å². The first kappa shape index (κ1) is 12.1. The maximum atomic E-state index is 12.5. The van der Waals surface area contributed by atoms with Crippen molar-refractivity contribution in [2.75, 3.05) is 0 Å². The number of carbonyl (C=O) groups is 1. The van der Waals surface area contributed by atoms with E-state index in [1.807, 2.05) is 0 Å². The second kappa shape index (κ2) is 3.86. The third-order valence-electron chi connectivity index (χ3n) is 1.52. The highest BCUT2D eigenvalue weighted by Gasteiger charge is 2.39. The minimum atomic E-state index is -4.81. The molecule has 8 heteroatoms. The van der Waals surface area contributed by atoms with E-state index in [2.05, 4.69) is 4.98 Å². The van der Waals surface area contributed by atoms with Crippen LogP contribution in [-0.4, -0.2) is 10.9 Å². The van der Waals surface area contributed by atoms with Crippen molar-refractivity contribution in [1.82, 2.24) is 4.98 Å². The van der Waals surface area contributed by atoms with Crippen LogP contribution in [0.3, 0.4) is 0 Å². The molecule has 0 unspecified atom stereocenters. The predicted octanol–water partition coefficient (Wildman–Crippen LogP) is 2.51. The van der Waals surface area contributed by atoms with Gasteiger partial charge in [-0.05, 0) is 0 Å². The lowest BCUT2D eigenvalue weighted by Gasteiger charge is -2.12. The van der Waals surface area contributed by atoms with Gasteiger partial charge in [-0.15, -0.1) is 0 Å². The van der Waals surface area contributed by atoms with E-state index in [1.165, 1.54) is 0 Å².